The fourth-order valence-corrected chi connectivity index (χ4v) is 13.5. The van der Waals surface area contributed by atoms with Crippen molar-refractivity contribution in [1.82, 2.24) is 0 Å². The molecule has 7 aliphatic rings. The average molecular weight is 1190 g/mol. The fourth-order valence-electron chi connectivity index (χ4n) is 11.5. The molecule has 0 spiro atoms. The highest BCUT2D eigenvalue weighted by atomic mass is 127. The van der Waals surface area contributed by atoms with E-state index in [2.05, 4.69) is 51.4 Å². The smallest absolute Gasteiger partial charge is 0.221 e. The Morgan fingerprint density at radius 3 is 1.43 bits per heavy atom. The zero-order chi connectivity index (χ0) is 52.6. The number of rotatable bonds is 3. The van der Waals surface area contributed by atoms with Gasteiger partial charge in [-0.15, -0.1) is 0 Å². The molecule has 0 radical (unpaired) electrons. The topological polar surface area (TPSA) is 162 Å². The molecule has 6 aromatic carbocycles. The number of nitrogen functional groups attached to an aromatic ring is 4. The molecule has 0 atom stereocenters. The van der Waals surface area contributed by atoms with Gasteiger partial charge in [0, 0.05) is 71.6 Å². The van der Waals surface area contributed by atoms with E-state index in [0.717, 1.165) is 128 Å². The lowest BCUT2D eigenvalue weighted by molar-refractivity contribution is -0.115. The van der Waals surface area contributed by atoms with Crippen LogP contribution in [-0.2, 0) is 86.6 Å². The van der Waals surface area contributed by atoms with Gasteiger partial charge in [0.2, 0.25) is 11.8 Å². The molecule has 0 aliphatic heterocycles. The minimum absolute atomic E-state index is 0.0142. The number of hydrogen-bond donors (Lipinski definition) is 6. The third-order valence-electron chi connectivity index (χ3n) is 15.2. The van der Waals surface area contributed by atoms with E-state index in [1.54, 1.807) is 6.92 Å². The highest BCUT2D eigenvalue weighted by Gasteiger charge is 2.30. The van der Waals surface area contributed by atoms with Gasteiger partial charge in [0.1, 0.15) is 0 Å². The first-order valence-corrected chi connectivity index (χ1v) is 28.9. The van der Waals surface area contributed by atoms with Crippen LogP contribution in [0.2, 0.25) is 20.1 Å². The van der Waals surface area contributed by atoms with Gasteiger partial charge in [-0.3, -0.25) is 9.59 Å². The number of hydrogen-bond acceptors (Lipinski definition) is 6. The lowest BCUT2D eigenvalue weighted by atomic mass is 10.0. The van der Waals surface area contributed by atoms with Crippen molar-refractivity contribution in [1.29, 1.82) is 0 Å². The Morgan fingerprint density at radius 2 is 0.865 bits per heavy atom. The van der Waals surface area contributed by atoms with Gasteiger partial charge in [-0.05, 0) is 278 Å². The lowest BCUT2D eigenvalue weighted by Gasteiger charge is -2.11. The zero-order valence-electron chi connectivity index (χ0n) is 42.7. The molecule has 74 heavy (non-hydrogen) atoms. The predicted octanol–water partition coefficient (Wildman–Crippen LogP) is 15.4. The van der Waals surface area contributed by atoms with Gasteiger partial charge in [-0.25, -0.2) is 0 Å². The van der Waals surface area contributed by atoms with E-state index in [9.17, 15) is 9.59 Å². The van der Waals surface area contributed by atoms with Crippen LogP contribution in [0.5, 0.6) is 0 Å². The van der Waals surface area contributed by atoms with Crippen molar-refractivity contribution >= 4 is 115 Å². The Hall–Kier alpha value is -4.65. The number of aryl methyl sites for hydroxylation is 2. The van der Waals surface area contributed by atoms with Gasteiger partial charge in [0.05, 0.1) is 0 Å². The van der Waals surface area contributed by atoms with Crippen LogP contribution in [0.25, 0.3) is 0 Å². The second kappa shape index (κ2) is 25.5. The van der Waals surface area contributed by atoms with Gasteiger partial charge in [0.25, 0.3) is 0 Å². The van der Waals surface area contributed by atoms with Crippen molar-refractivity contribution in [2.75, 3.05) is 33.6 Å². The van der Waals surface area contributed by atoms with Crippen molar-refractivity contribution in [3.63, 3.8) is 0 Å². The lowest BCUT2D eigenvalue weighted by Crippen LogP contribution is -2.08. The number of carbonyl (C=O) groups is 2. The summed E-state index contributed by atoms with van der Waals surface area (Å²) in [5.41, 5.74) is 46.5. The first-order chi connectivity index (χ1) is 35.6. The number of nitrogens with two attached hydrogens (primary N) is 4. The molecule has 13 heteroatoms. The summed E-state index contributed by atoms with van der Waals surface area (Å²) in [6, 6.07) is 23.9. The molecule has 10 N–H and O–H groups in total. The molecule has 1 fully saturated rings. The highest BCUT2D eigenvalue weighted by molar-refractivity contribution is 14.1. The van der Waals surface area contributed by atoms with Crippen LogP contribution in [0.3, 0.4) is 0 Å². The predicted molar refractivity (Wildman–Crippen MR) is 322 cm³/mol. The van der Waals surface area contributed by atoms with E-state index in [0.29, 0.717) is 5.92 Å². The van der Waals surface area contributed by atoms with Crippen LogP contribution in [0, 0.1) is 3.57 Å². The fraction of sp³-hybridized carbons (Fsp3) is 0.377. The Morgan fingerprint density at radius 1 is 0.446 bits per heavy atom. The Labute approximate surface area is 471 Å². The first kappa shape index (κ1) is 55.6. The molecule has 8 nitrogen and oxygen atoms in total. The molecule has 7 aliphatic carbocycles. The SMILES string of the molecule is CC(=O)Nc1ccc(Cl)c2c1CCC2.CC(=O)Nc1cccc2c1CCC2.Nc1c(C2CC2)cc(Cl)c2c1CCC2.Nc1c(I)cc(Cl)c2c1CCC2.Nc1ccc(Cl)c2c1CCC2.Nc1cccc2c1CCC2. The maximum atomic E-state index is 11.0. The van der Waals surface area contributed by atoms with Crippen LogP contribution in [-0.4, -0.2) is 11.8 Å². The summed E-state index contributed by atoms with van der Waals surface area (Å²) in [7, 11) is 0. The van der Waals surface area contributed by atoms with E-state index < -0.39 is 0 Å². The molecule has 0 aromatic heterocycles. The van der Waals surface area contributed by atoms with Gasteiger partial charge in [-0.2, -0.15) is 0 Å². The number of fused-ring (bicyclic) bond motifs is 6. The largest absolute Gasteiger partial charge is 0.398 e. The van der Waals surface area contributed by atoms with Crippen molar-refractivity contribution in [3.8, 4) is 0 Å². The maximum Gasteiger partial charge on any atom is 0.221 e. The van der Waals surface area contributed by atoms with Crippen LogP contribution in [0.1, 0.15) is 143 Å². The average Bonchev–Trinajstić information content (AvgIpc) is 4.15. The summed E-state index contributed by atoms with van der Waals surface area (Å²) < 4.78 is 1.08. The molecule has 0 saturated heterocycles. The van der Waals surface area contributed by atoms with Crippen LogP contribution in [0.4, 0.5) is 34.1 Å². The summed E-state index contributed by atoms with van der Waals surface area (Å²) >= 11 is 26.6. The third kappa shape index (κ3) is 13.5. The summed E-state index contributed by atoms with van der Waals surface area (Å²) in [4.78, 5) is 21.9. The standard InChI is InChI=1S/C12H14ClN.C11H12ClNO.C11H13NO.C9H9ClIN.C9H10ClN.C9H11N/c13-11-6-10(7-4-5-7)12(14)9-3-1-2-8(9)11;1-7(14)13-11-6-5-10(12)8-3-2-4-9(8)11;1-8(13)12-11-7-3-5-9-4-2-6-10(9)11;10-7-4-8(11)9(12)6-3-1-2-5(6)7;10-8-4-5-9(11)7-3-1-2-6(7)8;10-9-6-2-4-7-3-1-5-8(7)9/h6-7H,1-5,14H2;5-6H,2-4H2,1H3,(H,13,14);3,5,7H,2,4,6H2,1H3,(H,12,13);4H,1-3,12H2;4-5H,1-3,11H2;2,4,6H,1,3,5,10H2. The molecule has 0 unspecified atom stereocenters. The zero-order valence-corrected chi connectivity index (χ0v) is 47.8. The molecule has 1 saturated carbocycles. The normalized spacial score (nSPS) is 15.5. The second-order valence-electron chi connectivity index (χ2n) is 20.4. The summed E-state index contributed by atoms with van der Waals surface area (Å²) in [5, 5.41) is 9.25. The molecular weight excluding hydrogens is 1120 g/mol. The highest BCUT2D eigenvalue weighted by Crippen LogP contribution is 2.47. The monoisotopic (exact) mass is 1180 g/mol. The van der Waals surface area contributed by atoms with Gasteiger partial charge < -0.3 is 33.6 Å². The Balaban J connectivity index is 0.000000119. The van der Waals surface area contributed by atoms with E-state index in [1.807, 2.05) is 54.6 Å². The summed E-state index contributed by atoms with van der Waals surface area (Å²) in [5.74, 6) is 0.695. The van der Waals surface area contributed by atoms with E-state index >= 15 is 0 Å². The first-order valence-electron chi connectivity index (χ1n) is 26.3. The minimum Gasteiger partial charge on any atom is -0.398 e. The quantitative estimate of drug-likeness (QED) is 0.0764. The second-order valence-corrected chi connectivity index (χ2v) is 23.2. The van der Waals surface area contributed by atoms with Crippen molar-refractivity contribution < 1.29 is 9.59 Å². The number of halogens is 5. The van der Waals surface area contributed by atoms with Crippen LogP contribution >= 0.6 is 69.0 Å². The Kier molecular flexibility index (Phi) is 19.1. The van der Waals surface area contributed by atoms with Gasteiger partial charge >= 0.3 is 0 Å². The number of amides is 2. The van der Waals surface area contributed by atoms with Crippen molar-refractivity contribution in [2.45, 2.75) is 148 Å². The molecule has 0 heterocycles. The van der Waals surface area contributed by atoms with Crippen molar-refractivity contribution in [3.05, 3.63) is 169 Å². The van der Waals surface area contributed by atoms with Crippen molar-refractivity contribution in [2.24, 2.45) is 0 Å². The molecular formula is C61H69Cl4IN6O2. The minimum atomic E-state index is -0.0265. The summed E-state index contributed by atoms with van der Waals surface area (Å²) in [6.07, 6.45) is 23.2. The van der Waals surface area contributed by atoms with E-state index in [1.165, 1.54) is 137 Å². The Bertz CT molecular complexity index is 3030. The molecule has 13 rings (SSSR count). The maximum absolute atomic E-state index is 11.0. The van der Waals surface area contributed by atoms with E-state index in [-0.39, 0.29) is 11.8 Å². The summed E-state index contributed by atoms with van der Waals surface area (Å²) in [6.45, 7) is 3.07. The number of benzene rings is 6. The molecule has 6 aromatic rings. The molecule has 390 valence electrons. The molecule has 2 amide bonds. The van der Waals surface area contributed by atoms with E-state index in [4.69, 9.17) is 69.3 Å². The van der Waals surface area contributed by atoms with Gasteiger partial charge in [-0.1, -0.05) is 70.7 Å². The number of carbonyl (C=O) groups excluding carboxylic acids is 2. The van der Waals surface area contributed by atoms with Crippen LogP contribution < -0.4 is 33.6 Å². The molecule has 0 bridgehead atoms. The number of nitrogens with one attached hydrogen (secondary N) is 2. The number of anilines is 6. The third-order valence-corrected chi connectivity index (χ3v) is 17.5. The van der Waals surface area contributed by atoms with Gasteiger partial charge in [0.15, 0.2) is 0 Å². The van der Waals surface area contributed by atoms with Crippen LogP contribution in [0.15, 0.2) is 72.8 Å².